The predicted molar refractivity (Wildman–Crippen MR) is 144 cm³/mol. The number of methoxy groups -OCH3 is 1. The van der Waals surface area contributed by atoms with Crippen LogP contribution in [0.25, 0.3) is 17.3 Å². The molecule has 0 saturated heterocycles. The second-order valence-electron chi connectivity index (χ2n) is 8.59. The van der Waals surface area contributed by atoms with Crippen LogP contribution in [0.15, 0.2) is 101 Å². The van der Waals surface area contributed by atoms with Crippen molar-refractivity contribution in [2.45, 2.75) is 18.0 Å². The Morgan fingerprint density at radius 1 is 0.892 bits per heavy atom. The van der Waals surface area contributed by atoms with Gasteiger partial charge in [0.05, 0.1) is 36.2 Å². The molecule has 184 valence electrons. The Labute approximate surface area is 218 Å². The van der Waals surface area contributed by atoms with E-state index in [9.17, 15) is 4.79 Å². The van der Waals surface area contributed by atoms with E-state index >= 15 is 0 Å². The predicted octanol–water partition coefficient (Wildman–Crippen LogP) is 6.09. The van der Waals surface area contributed by atoms with Gasteiger partial charge >= 0.3 is 0 Å². The molecule has 3 heterocycles. The second-order valence-corrected chi connectivity index (χ2v) is 9.53. The largest absolute Gasteiger partial charge is 0.497 e. The SMILES string of the molecule is COc1ccc(-n2c(SCC(=O)N3c4ccccc4CCc4ccccc43)nnc2-c2ccco2)cc1. The van der Waals surface area contributed by atoms with Gasteiger partial charge in [-0.25, -0.2) is 0 Å². The molecule has 7 nitrogen and oxygen atoms in total. The minimum atomic E-state index is -0.0179. The molecule has 3 aromatic carbocycles. The van der Waals surface area contributed by atoms with E-state index in [4.69, 9.17) is 9.15 Å². The standard InChI is InChI=1S/C29H24N4O3S/c1-35-23-16-14-22(15-17-23)32-28(26-11-6-18-36-26)30-31-29(32)37-19-27(34)33-24-9-4-2-7-20(24)12-13-21-8-3-5-10-25(21)33/h2-11,14-18H,12-13,19H2,1H3. The molecule has 0 aliphatic carbocycles. The number of hydrogen-bond acceptors (Lipinski definition) is 6. The second kappa shape index (κ2) is 9.99. The van der Waals surface area contributed by atoms with Crippen molar-refractivity contribution in [3.63, 3.8) is 0 Å². The number of aryl methyl sites for hydroxylation is 2. The molecule has 0 fully saturated rings. The lowest BCUT2D eigenvalue weighted by Gasteiger charge is -2.25. The van der Waals surface area contributed by atoms with Gasteiger partial charge in [-0.3, -0.25) is 14.3 Å². The highest BCUT2D eigenvalue weighted by molar-refractivity contribution is 7.99. The highest BCUT2D eigenvalue weighted by atomic mass is 32.2. The van der Waals surface area contributed by atoms with E-state index in [1.54, 1.807) is 13.4 Å². The smallest absolute Gasteiger partial charge is 0.242 e. The van der Waals surface area contributed by atoms with Crippen LogP contribution >= 0.6 is 11.8 Å². The topological polar surface area (TPSA) is 73.4 Å². The monoisotopic (exact) mass is 508 g/mol. The van der Waals surface area contributed by atoms with E-state index in [2.05, 4.69) is 22.3 Å². The van der Waals surface area contributed by atoms with Crippen LogP contribution in [0, 0.1) is 0 Å². The third kappa shape index (κ3) is 4.40. The Morgan fingerprint density at radius 3 is 2.19 bits per heavy atom. The molecule has 0 bridgehead atoms. The zero-order valence-corrected chi connectivity index (χ0v) is 21.0. The quantitative estimate of drug-likeness (QED) is 0.258. The van der Waals surface area contributed by atoms with Gasteiger partial charge in [0.25, 0.3) is 0 Å². The first-order chi connectivity index (χ1) is 18.2. The summed E-state index contributed by atoms with van der Waals surface area (Å²) in [5.41, 5.74) is 5.05. The van der Waals surface area contributed by atoms with E-state index < -0.39 is 0 Å². The van der Waals surface area contributed by atoms with Crippen molar-refractivity contribution in [2.24, 2.45) is 0 Å². The first-order valence-corrected chi connectivity index (χ1v) is 13.0. The maximum atomic E-state index is 13.8. The molecule has 6 rings (SSSR count). The summed E-state index contributed by atoms with van der Waals surface area (Å²) in [6.07, 6.45) is 3.39. The van der Waals surface area contributed by atoms with Gasteiger partial charge < -0.3 is 9.15 Å². The summed E-state index contributed by atoms with van der Waals surface area (Å²) in [6, 6.07) is 27.5. The van der Waals surface area contributed by atoms with Gasteiger partial charge in [-0.05, 0) is 72.5 Å². The molecule has 1 amide bonds. The van der Waals surface area contributed by atoms with E-state index in [0.29, 0.717) is 16.7 Å². The molecule has 1 aliphatic heterocycles. The number of rotatable bonds is 6. The maximum absolute atomic E-state index is 13.8. The highest BCUT2D eigenvalue weighted by Gasteiger charge is 2.27. The van der Waals surface area contributed by atoms with Crippen molar-refractivity contribution in [3.05, 3.63) is 102 Å². The lowest BCUT2D eigenvalue weighted by molar-refractivity contribution is -0.115. The fourth-order valence-electron chi connectivity index (χ4n) is 4.63. The lowest BCUT2D eigenvalue weighted by atomic mass is 10.0. The van der Waals surface area contributed by atoms with Gasteiger partial charge in [0.2, 0.25) is 11.7 Å². The summed E-state index contributed by atoms with van der Waals surface area (Å²) in [6.45, 7) is 0. The molecule has 0 radical (unpaired) electrons. The van der Waals surface area contributed by atoms with Crippen molar-refractivity contribution in [1.82, 2.24) is 14.8 Å². The Hall–Kier alpha value is -4.30. The number of benzene rings is 3. The number of para-hydroxylation sites is 2. The third-order valence-corrected chi connectivity index (χ3v) is 7.32. The molecule has 0 spiro atoms. The number of carbonyl (C=O) groups excluding carboxylic acids is 1. The summed E-state index contributed by atoms with van der Waals surface area (Å²) < 4.78 is 12.8. The van der Waals surface area contributed by atoms with Crippen LogP contribution in [0.3, 0.4) is 0 Å². The molecule has 37 heavy (non-hydrogen) atoms. The van der Waals surface area contributed by atoms with Crippen LogP contribution in [0.1, 0.15) is 11.1 Å². The third-order valence-electron chi connectivity index (χ3n) is 6.41. The average Bonchev–Trinajstić information content (AvgIpc) is 3.59. The summed E-state index contributed by atoms with van der Waals surface area (Å²) >= 11 is 1.35. The molecule has 0 unspecified atom stereocenters. The van der Waals surface area contributed by atoms with E-state index in [1.807, 2.05) is 82.3 Å². The number of nitrogens with zero attached hydrogens (tertiary/aromatic N) is 4. The van der Waals surface area contributed by atoms with Gasteiger partial charge in [-0.1, -0.05) is 48.2 Å². The van der Waals surface area contributed by atoms with Crippen LogP contribution in [0.5, 0.6) is 5.75 Å². The number of aromatic nitrogens is 3. The maximum Gasteiger partial charge on any atom is 0.242 e. The Morgan fingerprint density at radius 2 is 1.57 bits per heavy atom. The number of amides is 1. The van der Waals surface area contributed by atoms with Crippen molar-refractivity contribution < 1.29 is 13.9 Å². The summed E-state index contributed by atoms with van der Waals surface area (Å²) in [5.74, 6) is 2.08. The van der Waals surface area contributed by atoms with Crippen molar-refractivity contribution in [3.8, 4) is 23.0 Å². The number of furan rings is 1. The van der Waals surface area contributed by atoms with E-state index in [1.165, 1.54) is 22.9 Å². The van der Waals surface area contributed by atoms with Gasteiger partial charge in [0.15, 0.2) is 10.9 Å². The van der Waals surface area contributed by atoms with Crippen LogP contribution in [-0.4, -0.2) is 33.5 Å². The van der Waals surface area contributed by atoms with Crippen molar-refractivity contribution in [1.29, 1.82) is 0 Å². The molecule has 8 heteroatoms. The number of carbonyl (C=O) groups is 1. The fraction of sp³-hybridized carbons (Fsp3) is 0.138. The Bertz CT molecular complexity index is 1500. The van der Waals surface area contributed by atoms with Crippen LogP contribution in [0.4, 0.5) is 11.4 Å². The van der Waals surface area contributed by atoms with E-state index in [-0.39, 0.29) is 11.7 Å². The molecule has 0 atom stereocenters. The van der Waals surface area contributed by atoms with E-state index in [0.717, 1.165) is 35.7 Å². The molecule has 2 aromatic heterocycles. The molecule has 1 aliphatic rings. The fourth-order valence-corrected chi connectivity index (χ4v) is 5.43. The Balaban J connectivity index is 1.35. The zero-order valence-electron chi connectivity index (χ0n) is 20.2. The summed E-state index contributed by atoms with van der Waals surface area (Å²) in [4.78, 5) is 15.7. The van der Waals surface area contributed by atoms with Crippen LogP contribution in [0.2, 0.25) is 0 Å². The number of fused-ring (bicyclic) bond motifs is 2. The van der Waals surface area contributed by atoms with Crippen molar-refractivity contribution in [2.75, 3.05) is 17.8 Å². The van der Waals surface area contributed by atoms with Crippen molar-refractivity contribution >= 4 is 29.0 Å². The summed E-state index contributed by atoms with van der Waals surface area (Å²) in [7, 11) is 1.63. The van der Waals surface area contributed by atoms with Gasteiger partial charge in [0.1, 0.15) is 5.75 Å². The molecule has 0 saturated carbocycles. The van der Waals surface area contributed by atoms with Gasteiger partial charge in [-0.2, -0.15) is 0 Å². The normalized spacial score (nSPS) is 12.5. The average molecular weight is 509 g/mol. The molecular formula is C29H24N4O3S. The lowest BCUT2D eigenvalue weighted by Crippen LogP contribution is -2.28. The van der Waals surface area contributed by atoms with Crippen LogP contribution in [-0.2, 0) is 17.6 Å². The Kier molecular flexibility index (Phi) is 6.24. The number of hydrogen-bond donors (Lipinski definition) is 0. The number of thioether (sulfide) groups is 1. The minimum absolute atomic E-state index is 0.0179. The first-order valence-electron chi connectivity index (χ1n) is 12.0. The number of anilines is 2. The zero-order chi connectivity index (χ0) is 25.2. The number of ether oxygens (including phenoxy) is 1. The molecule has 0 N–H and O–H groups in total. The van der Waals surface area contributed by atoms with Gasteiger partial charge in [0, 0.05) is 0 Å². The molecule has 5 aromatic rings. The van der Waals surface area contributed by atoms with Crippen LogP contribution < -0.4 is 9.64 Å². The highest BCUT2D eigenvalue weighted by Crippen LogP contribution is 2.37. The molecular weight excluding hydrogens is 484 g/mol. The van der Waals surface area contributed by atoms with Gasteiger partial charge in [-0.15, -0.1) is 10.2 Å². The summed E-state index contributed by atoms with van der Waals surface area (Å²) in [5, 5.41) is 9.42. The minimum Gasteiger partial charge on any atom is -0.497 e. The first kappa shape index (κ1) is 23.1.